The van der Waals surface area contributed by atoms with Crippen LogP contribution in [-0.4, -0.2) is 46.4 Å². The fraction of sp³-hybridized carbons (Fsp3) is 0.385. The summed E-state index contributed by atoms with van der Waals surface area (Å²) < 4.78 is 5.27. The maximum atomic E-state index is 11.8. The Hall–Kier alpha value is -1.01. The molecule has 19 heavy (non-hydrogen) atoms. The Labute approximate surface area is 124 Å². The number of rotatable bonds is 5. The number of amides is 1. The van der Waals surface area contributed by atoms with Crippen molar-refractivity contribution in [2.75, 3.05) is 24.2 Å². The number of alkyl halides is 1. The molecule has 0 N–H and O–H groups in total. The molecule has 0 radical (unpaired) electrons. The average Bonchev–Trinajstić information content (AvgIpc) is 2.79. The van der Waals surface area contributed by atoms with Crippen LogP contribution in [0, 0.1) is 0 Å². The molecule has 1 atom stereocenters. The van der Waals surface area contributed by atoms with Gasteiger partial charge in [-0.25, -0.2) is 4.79 Å². The summed E-state index contributed by atoms with van der Waals surface area (Å²) in [7, 11) is 0. The molecule has 2 rings (SSSR count). The van der Waals surface area contributed by atoms with Crippen molar-refractivity contribution in [2.24, 2.45) is 0 Å². The second-order valence-corrected chi connectivity index (χ2v) is 5.97. The first kappa shape index (κ1) is 14.4. The lowest BCUT2D eigenvalue weighted by Gasteiger charge is -2.22. The third kappa shape index (κ3) is 3.73. The molecule has 1 amide bonds. The van der Waals surface area contributed by atoms with Crippen LogP contribution in [0.1, 0.15) is 10.4 Å². The van der Waals surface area contributed by atoms with Gasteiger partial charge in [0.2, 0.25) is 5.91 Å². The molecule has 1 aliphatic rings. The van der Waals surface area contributed by atoms with Crippen LogP contribution < -0.4 is 0 Å². The van der Waals surface area contributed by atoms with Crippen molar-refractivity contribution in [3.63, 3.8) is 0 Å². The highest BCUT2D eigenvalue weighted by molar-refractivity contribution is 9.09. The van der Waals surface area contributed by atoms with E-state index in [9.17, 15) is 9.59 Å². The molecule has 4 nitrogen and oxygen atoms in total. The molecule has 1 aromatic rings. The van der Waals surface area contributed by atoms with Crippen LogP contribution in [0.25, 0.3) is 0 Å². The molecule has 1 saturated heterocycles. The van der Waals surface area contributed by atoms with Crippen LogP contribution in [0.4, 0.5) is 0 Å². The zero-order valence-electron chi connectivity index (χ0n) is 10.3. The van der Waals surface area contributed by atoms with Gasteiger partial charge < -0.3 is 9.64 Å². The molecule has 1 heterocycles. The van der Waals surface area contributed by atoms with Crippen molar-refractivity contribution in [3.05, 3.63) is 35.9 Å². The fourth-order valence-electron chi connectivity index (χ4n) is 1.80. The van der Waals surface area contributed by atoms with Crippen LogP contribution >= 0.6 is 27.7 Å². The van der Waals surface area contributed by atoms with Crippen molar-refractivity contribution < 1.29 is 14.3 Å². The van der Waals surface area contributed by atoms with E-state index >= 15 is 0 Å². The number of nitrogens with zero attached hydrogens (tertiary/aromatic N) is 1. The first-order valence-electron chi connectivity index (χ1n) is 5.91. The van der Waals surface area contributed by atoms with E-state index in [4.69, 9.17) is 4.74 Å². The number of halogens is 1. The summed E-state index contributed by atoms with van der Waals surface area (Å²) in [6, 6.07) is 8.86. The number of benzene rings is 1. The molecule has 102 valence electrons. The topological polar surface area (TPSA) is 46.6 Å². The number of carbonyl (C=O) groups is 2. The minimum atomic E-state index is -0.348. The molecular formula is C13H14BrNO3S. The van der Waals surface area contributed by atoms with Crippen molar-refractivity contribution in [1.82, 2.24) is 4.90 Å². The highest BCUT2D eigenvalue weighted by atomic mass is 79.9. The van der Waals surface area contributed by atoms with Gasteiger partial charge in [0.1, 0.15) is 12.0 Å². The van der Waals surface area contributed by atoms with Gasteiger partial charge in [-0.1, -0.05) is 34.1 Å². The lowest BCUT2D eigenvalue weighted by molar-refractivity contribution is -0.128. The van der Waals surface area contributed by atoms with Crippen LogP contribution in [0.2, 0.25) is 0 Å². The Morgan fingerprint density at radius 1 is 1.42 bits per heavy atom. The lowest BCUT2D eigenvalue weighted by Crippen LogP contribution is -2.37. The van der Waals surface area contributed by atoms with E-state index in [0.717, 1.165) is 5.33 Å². The molecular weight excluding hydrogens is 330 g/mol. The molecule has 6 heteroatoms. The summed E-state index contributed by atoms with van der Waals surface area (Å²) in [5, 5.41) is 0.653. The van der Waals surface area contributed by atoms with Crippen molar-refractivity contribution >= 4 is 39.6 Å². The Morgan fingerprint density at radius 3 is 2.84 bits per heavy atom. The van der Waals surface area contributed by atoms with Gasteiger partial charge in [0.25, 0.3) is 0 Å². The maximum Gasteiger partial charge on any atom is 0.338 e. The smallest absolute Gasteiger partial charge is 0.338 e. The van der Waals surface area contributed by atoms with Crippen LogP contribution in [-0.2, 0) is 9.53 Å². The zero-order chi connectivity index (χ0) is 13.7. The third-order valence-corrected chi connectivity index (χ3v) is 4.30. The van der Waals surface area contributed by atoms with E-state index in [1.807, 2.05) is 6.07 Å². The summed E-state index contributed by atoms with van der Waals surface area (Å²) in [4.78, 5) is 25.2. The quantitative estimate of drug-likeness (QED) is 0.607. The summed E-state index contributed by atoms with van der Waals surface area (Å²) in [6.45, 7) is 0.872. The number of hydrogen-bond acceptors (Lipinski definition) is 4. The molecule has 1 fully saturated rings. The highest BCUT2D eigenvalue weighted by Crippen LogP contribution is 2.25. The van der Waals surface area contributed by atoms with Crippen molar-refractivity contribution in [1.29, 1.82) is 0 Å². The number of carbonyl (C=O) groups excluding carboxylic acids is 2. The second kappa shape index (κ2) is 6.96. The highest BCUT2D eigenvalue weighted by Gasteiger charge is 2.31. The number of hydrogen-bond donors (Lipinski definition) is 0. The number of thioether (sulfide) groups is 1. The van der Waals surface area contributed by atoms with E-state index in [1.54, 1.807) is 29.2 Å². The molecule has 1 unspecified atom stereocenters. The van der Waals surface area contributed by atoms with Crippen molar-refractivity contribution in [2.45, 2.75) is 5.37 Å². The molecule has 1 aliphatic heterocycles. The molecule has 0 aromatic heterocycles. The SMILES string of the molecule is O=C(OCC1SCC(=O)N1CCBr)c1ccccc1. The first-order chi connectivity index (χ1) is 9.22. The van der Waals surface area contributed by atoms with Gasteiger partial charge in [0, 0.05) is 11.9 Å². The lowest BCUT2D eigenvalue weighted by atomic mass is 10.2. The number of ether oxygens (including phenoxy) is 1. The van der Waals surface area contributed by atoms with E-state index in [2.05, 4.69) is 15.9 Å². The van der Waals surface area contributed by atoms with Gasteiger partial charge >= 0.3 is 5.97 Å². The van der Waals surface area contributed by atoms with E-state index in [0.29, 0.717) is 17.9 Å². The van der Waals surface area contributed by atoms with Gasteiger partial charge in [0.05, 0.1) is 11.3 Å². The van der Waals surface area contributed by atoms with Gasteiger partial charge in [-0.3, -0.25) is 4.79 Å². The zero-order valence-corrected chi connectivity index (χ0v) is 12.7. The predicted octanol–water partition coefficient (Wildman–Crippen LogP) is 2.14. The van der Waals surface area contributed by atoms with Crippen LogP contribution in [0.5, 0.6) is 0 Å². The summed E-state index contributed by atoms with van der Waals surface area (Å²) in [5.74, 6) is 0.213. The minimum absolute atomic E-state index is 0.0716. The predicted molar refractivity (Wildman–Crippen MR) is 78.5 cm³/mol. The molecule has 0 spiro atoms. The fourth-order valence-corrected chi connectivity index (χ4v) is 3.25. The van der Waals surface area contributed by atoms with Gasteiger partial charge in [0.15, 0.2) is 0 Å². The van der Waals surface area contributed by atoms with Gasteiger partial charge in [-0.15, -0.1) is 11.8 Å². The summed E-state index contributed by atoms with van der Waals surface area (Å²) in [6.07, 6.45) is 0. The van der Waals surface area contributed by atoms with Crippen LogP contribution in [0.3, 0.4) is 0 Å². The largest absolute Gasteiger partial charge is 0.459 e. The minimum Gasteiger partial charge on any atom is -0.459 e. The summed E-state index contributed by atoms with van der Waals surface area (Å²) in [5.41, 5.74) is 0.531. The van der Waals surface area contributed by atoms with E-state index in [-0.39, 0.29) is 23.9 Å². The molecule has 0 saturated carbocycles. The van der Waals surface area contributed by atoms with Crippen LogP contribution in [0.15, 0.2) is 30.3 Å². The monoisotopic (exact) mass is 343 g/mol. The van der Waals surface area contributed by atoms with E-state index < -0.39 is 0 Å². The second-order valence-electron chi connectivity index (χ2n) is 4.01. The Bertz CT molecular complexity index is 454. The van der Waals surface area contributed by atoms with Crippen molar-refractivity contribution in [3.8, 4) is 0 Å². The molecule has 1 aromatic carbocycles. The average molecular weight is 344 g/mol. The number of esters is 1. The third-order valence-electron chi connectivity index (χ3n) is 2.76. The first-order valence-corrected chi connectivity index (χ1v) is 8.08. The van der Waals surface area contributed by atoms with E-state index in [1.165, 1.54) is 11.8 Å². The normalized spacial score (nSPS) is 18.7. The van der Waals surface area contributed by atoms with Gasteiger partial charge in [-0.2, -0.15) is 0 Å². The van der Waals surface area contributed by atoms with Gasteiger partial charge in [-0.05, 0) is 12.1 Å². The Morgan fingerprint density at radius 2 is 2.16 bits per heavy atom. The summed E-state index contributed by atoms with van der Waals surface area (Å²) >= 11 is 4.83. The Balaban J connectivity index is 1.88. The molecule has 0 bridgehead atoms. The Kier molecular flexibility index (Phi) is 5.27. The maximum absolute atomic E-state index is 11.8. The molecule has 0 aliphatic carbocycles. The standard InChI is InChI=1S/C13H14BrNO3S/c14-6-7-15-11(16)9-19-12(15)8-18-13(17)10-4-2-1-3-5-10/h1-5,12H,6-9H2.